The van der Waals surface area contributed by atoms with Crippen LogP contribution in [-0.4, -0.2) is 33.4 Å². The molecule has 0 unspecified atom stereocenters. The van der Waals surface area contributed by atoms with Crippen LogP contribution in [0.2, 0.25) is 10.0 Å². The van der Waals surface area contributed by atoms with Gasteiger partial charge in [0, 0.05) is 22.2 Å². The van der Waals surface area contributed by atoms with Crippen molar-refractivity contribution in [3.8, 4) is 16.9 Å². The van der Waals surface area contributed by atoms with Crippen LogP contribution in [0.3, 0.4) is 0 Å². The molecule has 0 saturated carbocycles. The fourth-order valence-corrected chi connectivity index (χ4v) is 3.47. The van der Waals surface area contributed by atoms with E-state index in [1.165, 1.54) is 6.08 Å². The number of carbonyl (C=O) groups excluding carboxylic acids is 2. The van der Waals surface area contributed by atoms with Gasteiger partial charge in [0.25, 0.3) is 0 Å². The minimum atomic E-state index is -0.588. The molecule has 33 heavy (non-hydrogen) atoms. The third kappa shape index (κ3) is 5.55. The molecule has 1 heterocycles. The van der Waals surface area contributed by atoms with Crippen molar-refractivity contribution in [3.05, 3.63) is 106 Å². The van der Waals surface area contributed by atoms with E-state index in [9.17, 15) is 9.59 Å². The van der Waals surface area contributed by atoms with Crippen molar-refractivity contribution >= 4 is 41.0 Å². The number of hydrogen-bond donors (Lipinski definition) is 0. The zero-order chi connectivity index (χ0) is 23.2. The lowest BCUT2D eigenvalue weighted by molar-refractivity contribution is -0.136. The molecule has 0 saturated heterocycles. The lowest BCUT2D eigenvalue weighted by atomic mass is 10.1. The molecule has 0 atom stereocenters. The first-order valence-electron chi connectivity index (χ1n) is 9.91. The Hall–Kier alpha value is -3.74. The average Bonchev–Trinajstić information content (AvgIpc) is 3.33. The lowest BCUT2D eigenvalue weighted by Gasteiger charge is -2.09. The number of ether oxygens (including phenoxy) is 1. The minimum absolute atomic E-state index is 0.320. The Morgan fingerprint density at radius 1 is 0.970 bits per heavy atom. The number of aromatic nitrogens is 3. The Morgan fingerprint density at radius 2 is 1.73 bits per heavy atom. The van der Waals surface area contributed by atoms with Gasteiger partial charge in [-0.25, -0.2) is 9.48 Å². The summed E-state index contributed by atoms with van der Waals surface area (Å²) in [7, 11) is 0. The van der Waals surface area contributed by atoms with Crippen molar-refractivity contribution in [1.82, 2.24) is 15.0 Å². The molecule has 3 aromatic carbocycles. The van der Waals surface area contributed by atoms with E-state index in [1.54, 1.807) is 59.4 Å². The molecule has 4 aromatic rings. The molecule has 0 bridgehead atoms. The summed E-state index contributed by atoms with van der Waals surface area (Å²) in [6, 6.07) is 21.2. The molecule has 164 valence electrons. The van der Waals surface area contributed by atoms with Gasteiger partial charge >= 0.3 is 5.97 Å². The number of nitrogens with zero attached hydrogens (tertiary/aromatic N) is 3. The van der Waals surface area contributed by atoms with Crippen LogP contribution in [0.15, 0.2) is 85.1 Å². The summed E-state index contributed by atoms with van der Waals surface area (Å²) in [5.41, 5.74) is 3.28. The predicted molar refractivity (Wildman–Crippen MR) is 128 cm³/mol. The SMILES string of the molecule is O=C(/C=C\c1ccccc1)OCC(=O)c1ccc(-n2nncc2-c2cc(Cl)ccc2Cl)cc1. The van der Waals surface area contributed by atoms with Gasteiger partial charge in [0.2, 0.25) is 0 Å². The van der Waals surface area contributed by atoms with Gasteiger partial charge in [-0.2, -0.15) is 0 Å². The standard InChI is InChI=1S/C25H17Cl2N3O3/c26-19-9-12-22(27)21(14-19)23-15-28-29-30(23)20-10-7-18(8-11-20)24(31)16-33-25(32)13-6-17-4-2-1-3-5-17/h1-15H,16H2/b13-6-. The maximum atomic E-state index is 12.4. The molecule has 0 aliphatic carbocycles. The topological polar surface area (TPSA) is 74.1 Å². The van der Waals surface area contributed by atoms with E-state index in [-0.39, 0.29) is 12.4 Å². The van der Waals surface area contributed by atoms with Gasteiger partial charge < -0.3 is 4.74 Å². The molecule has 0 amide bonds. The van der Waals surface area contributed by atoms with Gasteiger partial charge in [-0.05, 0) is 54.1 Å². The van der Waals surface area contributed by atoms with Crippen molar-refractivity contribution in [2.24, 2.45) is 0 Å². The summed E-state index contributed by atoms with van der Waals surface area (Å²) in [5, 5.41) is 9.14. The predicted octanol–water partition coefficient (Wildman–Crippen LogP) is 5.68. The fraction of sp³-hybridized carbons (Fsp3) is 0.0400. The molecule has 0 radical (unpaired) electrons. The molecule has 0 aliphatic heterocycles. The number of Topliss-reactive ketones (excluding diaryl/α,β-unsaturated/α-hetero) is 1. The minimum Gasteiger partial charge on any atom is -0.454 e. The smallest absolute Gasteiger partial charge is 0.331 e. The van der Waals surface area contributed by atoms with Crippen molar-refractivity contribution in [1.29, 1.82) is 0 Å². The Labute approximate surface area is 200 Å². The van der Waals surface area contributed by atoms with E-state index in [0.717, 1.165) is 5.56 Å². The summed E-state index contributed by atoms with van der Waals surface area (Å²) in [6.07, 6.45) is 4.50. The average molecular weight is 478 g/mol. The van der Waals surface area contributed by atoms with Crippen LogP contribution in [0.4, 0.5) is 0 Å². The van der Waals surface area contributed by atoms with E-state index in [1.807, 2.05) is 30.3 Å². The monoisotopic (exact) mass is 477 g/mol. The van der Waals surface area contributed by atoms with Crippen LogP contribution in [-0.2, 0) is 9.53 Å². The molecule has 0 fully saturated rings. The number of hydrogen-bond acceptors (Lipinski definition) is 5. The highest BCUT2D eigenvalue weighted by atomic mass is 35.5. The van der Waals surface area contributed by atoms with Crippen LogP contribution >= 0.6 is 23.2 Å². The van der Waals surface area contributed by atoms with Gasteiger partial charge in [-0.3, -0.25) is 4.79 Å². The van der Waals surface area contributed by atoms with Crippen molar-refractivity contribution < 1.29 is 14.3 Å². The third-order valence-electron chi connectivity index (χ3n) is 4.74. The van der Waals surface area contributed by atoms with Gasteiger partial charge in [-0.1, -0.05) is 58.7 Å². The van der Waals surface area contributed by atoms with Gasteiger partial charge in [0.1, 0.15) is 0 Å². The largest absolute Gasteiger partial charge is 0.454 e. The molecule has 0 aliphatic rings. The number of rotatable bonds is 7. The number of esters is 1. The van der Waals surface area contributed by atoms with Crippen LogP contribution in [0, 0.1) is 0 Å². The maximum Gasteiger partial charge on any atom is 0.331 e. The summed E-state index contributed by atoms with van der Waals surface area (Å²) in [5.74, 6) is -0.908. The quantitative estimate of drug-likeness (QED) is 0.194. The number of benzene rings is 3. The number of carbonyl (C=O) groups is 2. The van der Waals surface area contributed by atoms with E-state index < -0.39 is 5.97 Å². The van der Waals surface area contributed by atoms with E-state index in [4.69, 9.17) is 27.9 Å². The summed E-state index contributed by atoms with van der Waals surface area (Å²) in [4.78, 5) is 24.3. The van der Waals surface area contributed by atoms with Crippen LogP contribution < -0.4 is 0 Å². The molecule has 6 nitrogen and oxygen atoms in total. The lowest BCUT2D eigenvalue weighted by Crippen LogP contribution is -2.12. The van der Waals surface area contributed by atoms with Crippen molar-refractivity contribution in [2.75, 3.05) is 6.61 Å². The molecular formula is C25H17Cl2N3O3. The number of halogens is 2. The Morgan fingerprint density at radius 3 is 2.48 bits per heavy atom. The molecule has 0 spiro atoms. The highest BCUT2D eigenvalue weighted by Gasteiger charge is 2.14. The second kappa shape index (κ2) is 10.3. The van der Waals surface area contributed by atoms with E-state index in [0.29, 0.717) is 32.6 Å². The van der Waals surface area contributed by atoms with E-state index in [2.05, 4.69) is 10.3 Å². The first-order chi connectivity index (χ1) is 16.0. The van der Waals surface area contributed by atoms with Crippen LogP contribution in [0.25, 0.3) is 23.0 Å². The molecule has 8 heteroatoms. The van der Waals surface area contributed by atoms with Gasteiger partial charge in [-0.15, -0.1) is 5.10 Å². The van der Waals surface area contributed by atoms with Crippen molar-refractivity contribution in [3.63, 3.8) is 0 Å². The van der Waals surface area contributed by atoms with Gasteiger partial charge in [0.15, 0.2) is 12.4 Å². The molecular weight excluding hydrogens is 461 g/mol. The fourth-order valence-electron chi connectivity index (χ4n) is 3.09. The first kappa shape index (κ1) is 22.5. The zero-order valence-electron chi connectivity index (χ0n) is 17.2. The summed E-state index contributed by atoms with van der Waals surface area (Å²) >= 11 is 12.4. The number of ketones is 1. The van der Waals surface area contributed by atoms with Crippen molar-refractivity contribution in [2.45, 2.75) is 0 Å². The molecule has 4 rings (SSSR count). The molecule has 1 aromatic heterocycles. The Kier molecular flexibility index (Phi) is 6.98. The summed E-state index contributed by atoms with van der Waals surface area (Å²) < 4.78 is 6.65. The first-order valence-corrected chi connectivity index (χ1v) is 10.7. The highest BCUT2D eigenvalue weighted by molar-refractivity contribution is 6.35. The maximum absolute atomic E-state index is 12.4. The second-order valence-corrected chi connectivity index (χ2v) is 7.82. The zero-order valence-corrected chi connectivity index (χ0v) is 18.7. The van der Waals surface area contributed by atoms with Crippen LogP contribution in [0.5, 0.6) is 0 Å². The van der Waals surface area contributed by atoms with E-state index >= 15 is 0 Å². The third-order valence-corrected chi connectivity index (χ3v) is 5.31. The Balaban J connectivity index is 1.42. The highest BCUT2D eigenvalue weighted by Crippen LogP contribution is 2.31. The second-order valence-electron chi connectivity index (χ2n) is 6.98. The summed E-state index contributed by atoms with van der Waals surface area (Å²) in [6.45, 7) is -0.357. The van der Waals surface area contributed by atoms with Gasteiger partial charge in [0.05, 0.1) is 22.6 Å². The molecule has 0 N–H and O–H groups in total. The van der Waals surface area contributed by atoms with Crippen LogP contribution in [0.1, 0.15) is 15.9 Å². The Bertz CT molecular complexity index is 1320. The normalized spacial score (nSPS) is 11.0.